The predicted octanol–water partition coefficient (Wildman–Crippen LogP) is 2.02. The van der Waals surface area contributed by atoms with E-state index in [2.05, 4.69) is 32.3 Å². The van der Waals surface area contributed by atoms with Gasteiger partial charge in [-0.25, -0.2) is 9.79 Å². The predicted molar refractivity (Wildman–Crippen MR) is 62.9 cm³/mol. The van der Waals surface area contributed by atoms with Crippen LogP contribution in [0.1, 0.15) is 0 Å². The smallest absolute Gasteiger partial charge is 0.372 e. The summed E-state index contributed by atoms with van der Waals surface area (Å²) in [6, 6.07) is 5.66. The first-order chi connectivity index (χ1) is 6.66. The van der Waals surface area contributed by atoms with E-state index in [1.807, 2.05) is 18.2 Å². The summed E-state index contributed by atoms with van der Waals surface area (Å²) in [5, 5.41) is 8.71. The summed E-state index contributed by atoms with van der Waals surface area (Å²) < 4.78 is 3.77. The number of rotatable bonds is 1. The second kappa shape index (κ2) is 3.77. The van der Waals surface area contributed by atoms with Gasteiger partial charge in [-0.05, 0) is 52.7 Å². The zero-order valence-corrected chi connectivity index (χ0v) is 9.79. The fourth-order valence-electron chi connectivity index (χ4n) is 1.00. The van der Waals surface area contributed by atoms with E-state index in [1.165, 1.54) is 11.9 Å². The van der Waals surface area contributed by atoms with Crippen LogP contribution >= 0.6 is 34.5 Å². The molecule has 2 N–H and O–H groups in total. The van der Waals surface area contributed by atoms with Crippen molar-refractivity contribution in [1.82, 2.24) is 4.72 Å². The van der Waals surface area contributed by atoms with Crippen molar-refractivity contribution in [3.05, 3.63) is 21.8 Å². The Kier molecular flexibility index (Phi) is 2.64. The molecule has 4 nitrogen and oxygen atoms in total. The van der Waals surface area contributed by atoms with Crippen LogP contribution in [0.15, 0.2) is 28.1 Å². The highest BCUT2D eigenvalue weighted by Gasteiger charge is 2.17. The largest absolute Gasteiger partial charge is 0.475 e. The van der Waals surface area contributed by atoms with Crippen LogP contribution in [0, 0.1) is 3.57 Å². The number of benzene rings is 1. The van der Waals surface area contributed by atoms with Crippen LogP contribution in [-0.2, 0) is 4.79 Å². The third-order valence-corrected chi connectivity index (χ3v) is 3.13. The quantitative estimate of drug-likeness (QED) is 0.614. The highest BCUT2D eigenvalue weighted by Crippen LogP contribution is 2.32. The summed E-state index contributed by atoms with van der Waals surface area (Å²) in [6.45, 7) is 0. The van der Waals surface area contributed by atoms with Crippen LogP contribution < -0.4 is 4.72 Å². The standard InChI is InChI=1S/C8H5IN2O2S/c9-4-1-2-5-6(3-4)14-11-7(10-5)8(12)13/h1-3H,(H,10,11)(H,12,13). The molecule has 6 heteroatoms. The first-order valence-corrected chi connectivity index (χ1v) is 5.61. The number of carboxylic acids is 1. The van der Waals surface area contributed by atoms with Crippen molar-refractivity contribution < 1.29 is 9.90 Å². The minimum Gasteiger partial charge on any atom is -0.475 e. The molecule has 1 aliphatic heterocycles. The zero-order chi connectivity index (χ0) is 10.1. The van der Waals surface area contributed by atoms with Crippen molar-refractivity contribution in [3.8, 4) is 0 Å². The summed E-state index contributed by atoms with van der Waals surface area (Å²) in [6.07, 6.45) is 0. The highest BCUT2D eigenvalue weighted by atomic mass is 127. The molecule has 0 spiro atoms. The molecule has 0 atom stereocenters. The zero-order valence-electron chi connectivity index (χ0n) is 6.82. The fourth-order valence-corrected chi connectivity index (χ4v) is 2.45. The summed E-state index contributed by atoms with van der Waals surface area (Å²) in [5.74, 6) is -1.06. The van der Waals surface area contributed by atoms with Gasteiger partial charge >= 0.3 is 5.97 Å². The summed E-state index contributed by atoms with van der Waals surface area (Å²) in [7, 11) is 0. The van der Waals surface area contributed by atoms with Crippen LogP contribution in [0.2, 0.25) is 0 Å². The van der Waals surface area contributed by atoms with Crippen molar-refractivity contribution in [2.75, 3.05) is 0 Å². The van der Waals surface area contributed by atoms with Gasteiger partial charge in [0, 0.05) is 3.57 Å². The van der Waals surface area contributed by atoms with Crippen LogP contribution in [0.3, 0.4) is 0 Å². The summed E-state index contributed by atoms with van der Waals surface area (Å²) >= 11 is 3.47. The third-order valence-electron chi connectivity index (χ3n) is 1.61. The number of nitrogens with zero attached hydrogens (tertiary/aromatic N) is 1. The Morgan fingerprint density at radius 2 is 2.36 bits per heavy atom. The van der Waals surface area contributed by atoms with Gasteiger partial charge < -0.3 is 9.83 Å². The van der Waals surface area contributed by atoms with Crippen molar-refractivity contribution in [2.24, 2.45) is 4.99 Å². The molecule has 2 rings (SSSR count). The van der Waals surface area contributed by atoms with Crippen LogP contribution in [0.5, 0.6) is 0 Å². The molecule has 0 amide bonds. The molecule has 0 radical (unpaired) electrons. The van der Waals surface area contributed by atoms with E-state index in [0.29, 0.717) is 5.69 Å². The van der Waals surface area contributed by atoms with E-state index in [1.54, 1.807) is 0 Å². The Balaban J connectivity index is 2.45. The summed E-state index contributed by atoms with van der Waals surface area (Å²) in [5.41, 5.74) is 0.701. The maximum atomic E-state index is 10.6. The van der Waals surface area contributed by atoms with Crippen LogP contribution in [-0.4, -0.2) is 16.9 Å². The van der Waals surface area contributed by atoms with Crippen molar-refractivity contribution in [2.45, 2.75) is 4.90 Å². The second-order valence-corrected chi connectivity index (χ2v) is 4.68. The average molecular weight is 320 g/mol. The lowest BCUT2D eigenvalue weighted by molar-refractivity contribution is -0.129. The molecule has 0 aromatic heterocycles. The van der Waals surface area contributed by atoms with Gasteiger partial charge in [-0.2, -0.15) is 0 Å². The molecule has 0 aliphatic carbocycles. The van der Waals surface area contributed by atoms with E-state index in [0.717, 1.165) is 8.47 Å². The lowest BCUT2D eigenvalue weighted by atomic mass is 10.3. The molecule has 0 unspecified atom stereocenters. The second-order valence-electron chi connectivity index (χ2n) is 2.58. The lowest BCUT2D eigenvalue weighted by Gasteiger charge is -2.13. The normalized spacial score (nSPS) is 13.9. The fraction of sp³-hybridized carbons (Fsp3) is 0. The van der Waals surface area contributed by atoms with E-state index in [9.17, 15) is 4.79 Å². The van der Waals surface area contributed by atoms with Gasteiger partial charge in [-0.3, -0.25) is 0 Å². The molecule has 1 heterocycles. The van der Waals surface area contributed by atoms with E-state index >= 15 is 0 Å². The van der Waals surface area contributed by atoms with Gasteiger partial charge in [-0.15, -0.1) is 0 Å². The van der Waals surface area contributed by atoms with Crippen molar-refractivity contribution >= 4 is 52.0 Å². The van der Waals surface area contributed by atoms with E-state index < -0.39 is 5.97 Å². The molecule has 1 aromatic carbocycles. The van der Waals surface area contributed by atoms with Crippen LogP contribution in [0.4, 0.5) is 5.69 Å². The molecule has 72 valence electrons. The third kappa shape index (κ3) is 1.85. The van der Waals surface area contributed by atoms with Crippen molar-refractivity contribution in [1.29, 1.82) is 0 Å². The Bertz CT molecular complexity index is 433. The van der Waals surface area contributed by atoms with Gasteiger partial charge in [-0.1, -0.05) is 0 Å². The molecule has 0 saturated heterocycles. The number of halogens is 1. The maximum absolute atomic E-state index is 10.6. The Morgan fingerprint density at radius 1 is 1.57 bits per heavy atom. The number of hydrogen-bond donors (Lipinski definition) is 2. The number of carboxylic acid groups (broad SMARTS) is 1. The van der Waals surface area contributed by atoms with E-state index in [-0.39, 0.29) is 5.84 Å². The van der Waals surface area contributed by atoms with Gasteiger partial charge in [0.1, 0.15) is 0 Å². The molecule has 0 fully saturated rings. The van der Waals surface area contributed by atoms with Crippen LogP contribution in [0.25, 0.3) is 0 Å². The molecule has 0 bridgehead atoms. The first kappa shape index (κ1) is 9.78. The molecular weight excluding hydrogens is 315 g/mol. The van der Waals surface area contributed by atoms with Gasteiger partial charge in [0.05, 0.1) is 10.6 Å². The minimum absolute atomic E-state index is 0.0243. The lowest BCUT2D eigenvalue weighted by Crippen LogP contribution is -2.27. The minimum atomic E-state index is -1.04. The van der Waals surface area contributed by atoms with Crippen molar-refractivity contribution in [3.63, 3.8) is 0 Å². The first-order valence-electron chi connectivity index (χ1n) is 3.71. The molecule has 1 aromatic rings. The average Bonchev–Trinajstić information content (AvgIpc) is 2.16. The number of amidine groups is 1. The summed E-state index contributed by atoms with van der Waals surface area (Å²) in [4.78, 5) is 15.5. The number of hydrogen-bond acceptors (Lipinski definition) is 4. The molecule has 0 saturated carbocycles. The molecule has 14 heavy (non-hydrogen) atoms. The number of carbonyl (C=O) groups is 1. The molecule has 1 aliphatic rings. The topological polar surface area (TPSA) is 61.7 Å². The van der Waals surface area contributed by atoms with Gasteiger partial charge in [0.15, 0.2) is 0 Å². The number of aliphatic imine (C=N–C) groups is 1. The highest BCUT2D eigenvalue weighted by molar-refractivity contribution is 14.1. The Morgan fingerprint density at radius 3 is 3.07 bits per heavy atom. The van der Waals surface area contributed by atoms with E-state index in [4.69, 9.17) is 5.11 Å². The SMILES string of the molecule is O=C(O)C1=Nc2ccc(I)cc2SN1. The Hall–Kier alpha value is -0.760. The monoisotopic (exact) mass is 320 g/mol. The van der Waals surface area contributed by atoms with Gasteiger partial charge in [0.25, 0.3) is 0 Å². The number of fused-ring (bicyclic) bond motifs is 1. The maximum Gasteiger partial charge on any atom is 0.372 e. The van der Waals surface area contributed by atoms with Gasteiger partial charge in [0.2, 0.25) is 5.84 Å². The number of nitrogens with one attached hydrogen (secondary N) is 1. The number of aliphatic carboxylic acids is 1. The molecular formula is C8H5IN2O2S. The Labute approximate surface area is 98.1 Å².